The van der Waals surface area contributed by atoms with Gasteiger partial charge in [-0.3, -0.25) is 10.1 Å². The molecule has 0 aliphatic heterocycles. The zero-order chi connectivity index (χ0) is 19.1. The van der Waals surface area contributed by atoms with Crippen molar-refractivity contribution in [3.05, 3.63) is 59.4 Å². The van der Waals surface area contributed by atoms with Gasteiger partial charge in [0.15, 0.2) is 16.6 Å². The molecule has 7 heteroatoms. The van der Waals surface area contributed by atoms with Gasteiger partial charge in [0.05, 0.1) is 14.2 Å². The maximum atomic E-state index is 13.1. The first kappa shape index (κ1) is 19.4. The van der Waals surface area contributed by atoms with Crippen molar-refractivity contribution in [2.24, 2.45) is 0 Å². The Morgan fingerprint density at radius 3 is 2.50 bits per heavy atom. The van der Waals surface area contributed by atoms with Crippen LogP contribution in [0.1, 0.15) is 11.1 Å². The molecule has 0 aromatic heterocycles. The molecular weight excluding hydrogens is 355 g/mol. The summed E-state index contributed by atoms with van der Waals surface area (Å²) in [6, 6.07) is 9.55. The zero-order valence-electron chi connectivity index (χ0n) is 14.6. The Hall–Kier alpha value is -2.93. The third kappa shape index (κ3) is 5.29. The Morgan fingerprint density at radius 2 is 1.85 bits per heavy atom. The number of ether oxygens (including phenoxy) is 2. The molecule has 0 saturated heterocycles. The lowest BCUT2D eigenvalue weighted by Gasteiger charge is -2.10. The molecule has 0 unspecified atom stereocenters. The van der Waals surface area contributed by atoms with Crippen molar-refractivity contribution in [3.63, 3.8) is 0 Å². The molecular formula is C19H19FN2O3S. The number of hydrogen-bond acceptors (Lipinski definition) is 4. The number of hydrogen-bond donors (Lipinski definition) is 2. The fraction of sp³-hybridized carbons (Fsp3) is 0.158. The minimum atomic E-state index is -0.392. The second kappa shape index (κ2) is 8.96. The number of rotatable bonds is 5. The van der Waals surface area contributed by atoms with Gasteiger partial charge in [-0.1, -0.05) is 6.07 Å². The molecule has 1 amide bonds. The first-order chi connectivity index (χ1) is 12.4. The number of methoxy groups -OCH3 is 2. The Labute approximate surface area is 156 Å². The molecule has 0 aliphatic rings. The van der Waals surface area contributed by atoms with Crippen LogP contribution in [0, 0.1) is 12.7 Å². The summed E-state index contributed by atoms with van der Waals surface area (Å²) in [4.78, 5) is 12.0. The highest BCUT2D eigenvalue weighted by atomic mass is 32.1. The molecule has 26 heavy (non-hydrogen) atoms. The van der Waals surface area contributed by atoms with E-state index in [0.717, 1.165) is 5.56 Å². The summed E-state index contributed by atoms with van der Waals surface area (Å²) < 4.78 is 23.5. The van der Waals surface area contributed by atoms with Gasteiger partial charge in [0.1, 0.15) is 5.82 Å². The van der Waals surface area contributed by atoms with Crippen LogP contribution in [0.4, 0.5) is 10.1 Å². The van der Waals surface area contributed by atoms with Crippen LogP contribution >= 0.6 is 12.2 Å². The minimum absolute atomic E-state index is 0.127. The standard InChI is InChI=1S/C19H19FN2O3S/c1-12-10-14(20)6-7-15(12)21-19(26)22-18(23)9-5-13-4-8-16(24-2)17(11-13)25-3/h4-11H,1-3H3,(H2,21,22,23,26)/b9-5+. The topological polar surface area (TPSA) is 59.6 Å². The van der Waals surface area contributed by atoms with Crippen LogP contribution in [-0.4, -0.2) is 25.2 Å². The van der Waals surface area contributed by atoms with Crippen molar-refractivity contribution in [3.8, 4) is 11.5 Å². The van der Waals surface area contributed by atoms with E-state index in [9.17, 15) is 9.18 Å². The highest BCUT2D eigenvalue weighted by molar-refractivity contribution is 7.80. The number of carbonyl (C=O) groups is 1. The number of amides is 1. The third-order valence-corrected chi connectivity index (χ3v) is 3.71. The molecule has 0 radical (unpaired) electrons. The van der Waals surface area contributed by atoms with E-state index in [1.54, 1.807) is 51.5 Å². The number of halogens is 1. The maximum Gasteiger partial charge on any atom is 0.250 e. The lowest BCUT2D eigenvalue weighted by atomic mass is 10.2. The number of benzene rings is 2. The van der Waals surface area contributed by atoms with Gasteiger partial charge in [-0.05, 0) is 66.7 Å². The van der Waals surface area contributed by atoms with Gasteiger partial charge in [0.25, 0.3) is 0 Å². The Bertz CT molecular complexity index is 853. The summed E-state index contributed by atoms with van der Waals surface area (Å²) in [6.07, 6.45) is 2.98. The van der Waals surface area contributed by atoms with E-state index < -0.39 is 5.91 Å². The second-order valence-electron chi connectivity index (χ2n) is 5.35. The van der Waals surface area contributed by atoms with Gasteiger partial charge in [0.2, 0.25) is 5.91 Å². The third-order valence-electron chi connectivity index (χ3n) is 3.51. The van der Waals surface area contributed by atoms with E-state index in [2.05, 4.69) is 10.6 Å². The van der Waals surface area contributed by atoms with Crippen LogP contribution in [0.2, 0.25) is 0 Å². The number of carbonyl (C=O) groups excluding carboxylic acids is 1. The quantitative estimate of drug-likeness (QED) is 0.618. The van der Waals surface area contributed by atoms with E-state index in [1.165, 1.54) is 18.2 Å². The average Bonchev–Trinajstić information content (AvgIpc) is 2.62. The van der Waals surface area contributed by atoms with E-state index in [-0.39, 0.29) is 10.9 Å². The van der Waals surface area contributed by atoms with Crippen LogP contribution in [-0.2, 0) is 4.79 Å². The summed E-state index contributed by atoms with van der Waals surface area (Å²) in [6.45, 7) is 1.74. The molecule has 0 atom stereocenters. The van der Waals surface area contributed by atoms with Crippen LogP contribution in [0.15, 0.2) is 42.5 Å². The van der Waals surface area contributed by atoms with Crippen LogP contribution in [0.25, 0.3) is 6.08 Å². The smallest absolute Gasteiger partial charge is 0.250 e. The maximum absolute atomic E-state index is 13.1. The van der Waals surface area contributed by atoms with Crippen LogP contribution < -0.4 is 20.1 Å². The molecule has 0 aliphatic carbocycles. The van der Waals surface area contributed by atoms with Crippen LogP contribution in [0.5, 0.6) is 11.5 Å². The second-order valence-corrected chi connectivity index (χ2v) is 5.76. The molecule has 0 heterocycles. The van der Waals surface area contributed by atoms with Crippen molar-refractivity contribution < 1.29 is 18.7 Å². The van der Waals surface area contributed by atoms with E-state index in [1.807, 2.05) is 0 Å². The van der Waals surface area contributed by atoms with E-state index in [4.69, 9.17) is 21.7 Å². The van der Waals surface area contributed by atoms with Gasteiger partial charge in [-0.2, -0.15) is 0 Å². The monoisotopic (exact) mass is 374 g/mol. The molecule has 0 saturated carbocycles. The molecule has 5 nitrogen and oxygen atoms in total. The van der Waals surface area contributed by atoms with Crippen molar-refractivity contribution >= 4 is 35.0 Å². The van der Waals surface area contributed by atoms with Crippen molar-refractivity contribution in [2.45, 2.75) is 6.92 Å². The molecule has 0 bridgehead atoms. The zero-order valence-corrected chi connectivity index (χ0v) is 15.4. The molecule has 136 valence electrons. The van der Waals surface area contributed by atoms with E-state index >= 15 is 0 Å². The fourth-order valence-electron chi connectivity index (χ4n) is 2.20. The molecule has 2 rings (SSSR count). The van der Waals surface area contributed by atoms with E-state index in [0.29, 0.717) is 22.7 Å². The summed E-state index contributed by atoms with van der Waals surface area (Å²) in [5, 5.41) is 5.53. The predicted molar refractivity (Wildman–Crippen MR) is 104 cm³/mol. The molecule has 0 spiro atoms. The largest absolute Gasteiger partial charge is 0.493 e. The number of anilines is 1. The first-order valence-corrected chi connectivity index (χ1v) is 8.12. The molecule has 2 N–H and O–H groups in total. The predicted octanol–water partition coefficient (Wildman–Crippen LogP) is 3.68. The SMILES string of the molecule is COc1ccc(/C=C/C(=O)NC(=S)Nc2ccc(F)cc2C)cc1OC. The summed E-state index contributed by atoms with van der Waals surface area (Å²) in [7, 11) is 3.09. The lowest BCUT2D eigenvalue weighted by molar-refractivity contribution is -0.115. The highest BCUT2D eigenvalue weighted by Crippen LogP contribution is 2.27. The minimum Gasteiger partial charge on any atom is -0.493 e. The first-order valence-electron chi connectivity index (χ1n) is 7.71. The summed E-state index contributed by atoms with van der Waals surface area (Å²) in [5.74, 6) is 0.450. The average molecular weight is 374 g/mol. The Morgan fingerprint density at radius 1 is 1.12 bits per heavy atom. The van der Waals surface area contributed by atoms with Gasteiger partial charge in [0, 0.05) is 11.8 Å². The Kier molecular flexibility index (Phi) is 6.68. The molecule has 2 aromatic carbocycles. The number of aryl methyl sites for hydroxylation is 1. The molecule has 0 fully saturated rings. The van der Waals surface area contributed by atoms with Gasteiger partial charge in [-0.15, -0.1) is 0 Å². The van der Waals surface area contributed by atoms with Gasteiger partial charge < -0.3 is 14.8 Å². The van der Waals surface area contributed by atoms with Gasteiger partial charge >= 0.3 is 0 Å². The van der Waals surface area contributed by atoms with Crippen molar-refractivity contribution in [1.29, 1.82) is 0 Å². The highest BCUT2D eigenvalue weighted by Gasteiger charge is 2.06. The number of thiocarbonyl (C=S) groups is 1. The van der Waals surface area contributed by atoms with Crippen molar-refractivity contribution in [2.75, 3.05) is 19.5 Å². The van der Waals surface area contributed by atoms with Crippen LogP contribution in [0.3, 0.4) is 0 Å². The lowest BCUT2D eigenvalue weighted by Crippen LogP contribution is -2.33. The molecule has 2 aromatic rings. The fourth-order valence-corrected chi connectivity index (χ4v) is 2.41. The summed E-state index contributed by atoms with van der Waals surface area (Å²) in [5.41, 5.74) is 2.08. The number of nitrogens with one attached hydrogen (secondary N) is 2. The van der Waals surface area contributed by atoms with Crippen molar-refractivity contribution in [1.82, 2.24) is 5.32 Å². The normalized spacial score (nSPS) is 10.5. The summed E-state index contributed by atoms with van der Waals surface area (Å²) >= 11 is 5.10. The Balaban J connectivity index is 1.97. The van der Waals surface area contributed by atoms with Gasteiger partial charge in [-0.25, -0.2) is 4.39 Å².